The summed E-state index contributed by atoms with van der Waals surface area (Å²) in [5.41, 5.74) is 2.83. The number of nitrogens with zero attached hydrogens (tertiary/aromatic N) is 3. The van der Waals surface area contributed by atoms with E-state index in [1.807, 2.05) is 18.2 Å². The number of rotatable bonds is 3. The van der Waals surface area contributed by atoms with Crippen LogP contribution in [-0.4, -0.2) is 22.6 Å². The van der Waals surface area contributed by atoms with E-state index in [9.17, 15) is 4.39 Å². The van der Waals surface area contributed by atoms with Gasteiger partial charge in [-0.3, -0.25) is 0 Å². The molecule has 1 fully saturated rings. The molecule has 0 unspecified atom stereocenters. The van der Waals surface area contributed by atoms with E-state index in [2.05, 4.69) is 9.47 Å². The summed E-state index contributed by atoms with van der Waals surface area (Å²) in [7, 11) is 0. The van der Waals surface area contributed by atoms with Gasteiger partial charge in [0.15, 0.2) is 0 Å². The molecule has 2 heterocycles. The molecule has 1 aliphatic rings. The summed E-state index contributed by atoms with van der Waals surface area (Å²) >= 11 is 12.2. The fourth-order valence-corrected chi connectivity index (χ4v) is 3.76. The lowest BCUT2D eigenvalue weighted by Gasteiger charge is -2.28. The van der Waals surface area contributed by atoms with E-state index in [0.29, 0.717) is 11.6 Å². The van der Waals surface area contributed by atoms with Crippen molar-refractivity contribution < 1.29 is 4.39 Å². The van der Waals surface area contributed by atoms with Crippen LogP contribution in [0.25, 0.3) is 11.0 Å². The molecule has 0 saturated carbocycles. The van der Waals surface area contributed by atoms with Crippen LogP contribution in [0.15, 0.2) is 36.4 Å². The zero-order valence-corrected chi connectivity index (χ0v) is 15.2. The molecule has 3 nitrogen and oxygen atoms in total. The summed E-state index contributed by atoms with van der Waals surface area (Å²) < 4.78 is 15.6. The molecule has 1 aromatic heterocycles. The van der Waals surface area contributed by atoms with Crippen molar-refractivity contribution in [3.8, 4) is 0 Å². The van der Waals surface area contributed by atoms with Crippen LogP contribution in [0.5, 0.6) is 0 Å². The van der Waals surface area contributed by atoms with Crippen molar-refractivity contribution in [1.29, 1.82) is 0 Å². The summed E-state index contributed by atoms with van der Waals surface area (Å²) in [6.07, 6.45) is 3.61. The third-order valence-corrected chi connectivity index (χ3v) is 5.18. The Bertz CT molecular complexity index is 916. The van der Waals surface area contributed by atoms with E-state index >= 15 is 0 Å². The van der Waals surface area contributed by atoms with E-state index in [1.54, 1.807) is 12.1 Å². The van der Waals surface area contributed by atoms with Crippen molar-refractivity contribution >= 4 is 40.2 Å². The van der Waals surface area contributed by atoms with Gasteiger partial charge >= 0.3 is 0 Å². The molecule has 3 aromatic rings. The van der Waals surface area contributed by atoms with Gasteiger partial charge in [-0.25, -0.2) is 9.37 Å². The highest BCUT2D eigenvalue weighted by atomic mass is 35.5. The van der Waals surface area contributed by atoms with E-state index in [1.165, 1.54) is 25.3 Å². The number of anilines is 1. The van der Waals surface area contributed by atoms with Crippen molar-refractivity contribution in [3.05, 3.63) is 57.8 Å². The molecule has 0 radical (unpaired) electrons. The highest BCUT2D eigenvalue weighted by molar-refractivity contribution is 6.31. The quantitative estimate of drug-likeness (QED) is 0.598. The van der Waals surface area contributed by atoms with E-state index in [-0.39, 0.29) is 5.02 Å². The van der Waals surface area contributed by atoms with Gasteiger partial charge in [-0.15, -0.1) is 0 Å². The molecule has 0 amide bonds. The van der Waals surface area contributed by atoms with Crippen LogP contribution in [0, 0.1) is 5.82 Å². The second kappa shape index (κ2) is 6.85. The lowest BCUT2D eigenvalue weighted by atomic mass is 10.1. The highest BCUT2D eigenvalue weighted by Crippen LogP contribution is 2.29. The van der Waals surface area contributed by atoms with Gasteiger partial charge in [0.1, 0.15) is 5.82 Å². The van der Waals surface area contributed by atoms with Gasteiger partial charge in [0.2, 0.25) is 5.95 Å². The Labute approximate surface area is 156 Å². The molecule has 25 heavy (non-hydrogen) atoms. The van der Waals surface area contributed by atoms with E-state index in [4.69, 9.17) is 28.2 Å². The van der Waals surface area contributed by atoms with Crippen LogP contribution < -0.4 is 4.90 Å². The Hall–Kier alpha value is -1.78. The fraction of sp³-hybridized carbons (Fsp3) is 0.316. The first kappa shape index (κ1) is 16.7. The largest absolute Gasteiger partial charge is 0.342 e. The van der Waals surface area contributed by atoms with Crippen LogP contribution in [0.3, 0.4) is 0 Å². The third kappa shape index (κ3) is 3.33. The second-order valence-corrected chi connectivity index (χ2v) is 7.27. The number of imidazole rings is 1. The summed E-state index contributed by atoms with van der Waals surface area (Å²) in [6.45, 7) is 2.57. The van der Waals surface area contributed by atoms with E-state index in [0.717, 1.165) is 35.6 Å². The molecule has 0 aliphatic carbocycles. The minimum absolute atomic E-state index is 0.138. The van der Waals surface area contributed by atoms with Crippen LogP contribution in [-0.2, 0) is 6.54 Å². The smallest absolute Gasteiger partial charge is 0.206 e. The monoisotopic (exact) mass is 377 g/mol. The van der Waals surface area contributed by atoms with Crippen molar-refractivity contribution in [3.63, 3.8) is 0 Å². The molecule has 4 rings (SSSR count). The molecule has 6 heteroatoms. The maximum absolute atomic E-state index is 13.5. The summed E-state index contributed by atoms with van der Waals surface area (Å²) in [6, 6.07) is 10.6. The van der Waals surface area contributed by atoms with Crippen molar-refractivity contribution in [2.24, 2.45) is 0 Å². The number of benzene rings is 2. The number of hydrogen-bond donors (Lipinski definition) is 0. The van der Waals surface area contributed by atoms with E-state index < -0.39 is 5.82 Å². The Morgan fingerprint density at radius 2 is 1.80 bits per heavy atom. The number of halogens is 3. The molecule has 0 bridgehead atoms. The van der Waals surface area contributed by atoms with Crippen LogP contribution in [0.2, 0.25) is 10.0 Å². The molecule has 0 N–H and O–H groups in total. The van der Waals surface area contributed by atoms with Gasteiger partial charge in [-0.2, -0.15) is 0 Å². The Kier molecular flexibility index (Phi) is 4.57. The molecular formula is C19H18Cl2FN3. The van der Waals surface area contributed by atoms with Gasteiger partial charge in [0, 0.05) is 18.1 Å². The van der Waals surface area contributed by atoms with Crippen molar-refractivity contribution in [2.45, 2.75) is 25.8 Å². The predicted octanol–water partition coefficient (Wildman–Crippen LogP) is 5.52. The molecule has 1 saturated heterocycles. The summed E-state index contributed by atoms with van der Waals surface area (Å²) in [5, 5.41) is 0.815. The molecule has 2 aromatic carbocycles. The number of piperidine rings is 1. The average Bonchev–Trinajstić information content (AvgIpc) is 2.97. The first-order chi connectivity index (χ1) is 12.1. The Morgan fingerprint density at radius 3 is 2.56 bits per heavy atom. The highest BCUT2D eigenvalue weighted by Gasteiger charge is 2.19. The van der Waals surface area contributed by atoms with Crippen LogP contribution in [0.1, 0.15) is 24.8 Å². The van der Waals surface area contributed by atoms with Gasteiger partial charge in [-0.1, -0.05) is 29.3 Å². The minimum Gasteiger partial charge on any atom is -0.342 e. The fourth-order valence-electron chi connectivity index (χ4n) is 3.39. The molecule has 0 atom stereocenters. The molecular weight excluding hydrogens is 360 g/mol. The minimum atomic E-state index is -0.403. The lowest BCUT2D eigenvalue weighted by Crippen LogP contribution is -2.32. The molecule has 130 valence electrons. The second-order valence-electron chi connectivity index (χ2n) is 6.43. The third-order valence-electron chi connectivity index (χ3n) is 4.65. The standard InChI is InChI=1S/C19H18Cl2FN3/c20-14-5-7-17-18(11-14)25(12-13-4-6-16(22)15(21)10-13)19(23-17)24-8-2-1-3-9-24/h4-7,10-11H,1-3,8-9,12H2. The first-order valence-corrected chi connectivity index (χ1v) is 9.22. The molecule has 1 aliphatic heterocycles. The predicted molar refractivity (Wildman–Crippen MR) is 101 cm³/mol. The van der Waals surface area contributed by atoms with Crippen molar-refractivity contribution in [2.75, 3.05) is 18.0 Å². The number of hydrogen-bond acceptors (Lipinski definition) is 2. The number of fused-ring (bicyclic) bond motifs is 1. The van der Waals surface area contributed by atoms with Gasteiger partial charge < -0.3 is 9.47 Å². The summed E-state index contributed by atoms with van der Waals surface area (Å²) in [4.78, 5) is 7.16. The topological polar surface area (TPSA) is 21.1 Å². The zero-order valence-electron chi connectivity index (χ0n) is 13.7. The van der Waals surface area contributed by atoms with Gasteiger partial charge in [-0.05, 0) is 55.2 Å². The Balaban J connectivity index is 1.80. The first-order valence-electron chi connectivity index (χ1n) is 8.46. The molecule has 0 spiro atoms. The summed E-state index contributed by atoms with van der Waals surface area (Å²) in [5.74, 6) is 0.539. The normalized spacial score (nSPS) is 15.1. The Morgan fingerprint density at radius 1 is 1.00 bits per heavy atom. The zero-order chi connectivity index (χ0) is 17.4. The average molecular weight is 378 g/mol. The van der Waals surface area contributed by atoms with Crippen LogP contribution in [0.4, 0.5) is 10.3 Å². The lowest BCUT2D eigenvalue weighted by molar-refractivity contribution is 0.560. The maximum atomic E-state index is 13.5. The maximum Gasteiger partial charge on any atom is 0.206 e. The van der Waals surface area contributed by atoms with Crippen molar-refractivity contribution in [1.82, 2.24) is 9.55 Å². The van der Waals surface area contributed by atoms with Crippen LogP contribution >= 0.6 is 23.2 Å². The SMILES string of the molecule is Fc1ccc(Cn2c(N3CCCCC3)nc3ccc(Cl)cc32)cc1Cl. The number of aromatic nitrogens is 2. The van der Waals surface area contributed by atoms with Gasteiger partial charge in [0.25, 0.3) is 0 Å². The van der Waals surface area contributed by atoms with Gasteiger partial charge in [0.05, 0.1) is 22.6 Å².